The van der Waals surface area contributed by atoms with E-state index in [9.17, 15) is 4.79 Å². The third-order valence-corrected chi connectivity index (χ3v) is 4.85. The number of fused-ring (bicyclic) bond motifs is 2. The second-order valence-electron chi connectivity index (χ2n) is 6.33. The molecule has 0 amide bonds. The van der Waals surface area contributed by atoms with Gasteiger partial charge in [0.2, 0.25) is 0 Å². The van der Waals surface area contributed by atoms with Gasteiger partial charge in [0, 0.05) is 12.3 Å². The summed E-state index contributed by atoms with van der Waals surface area (Å²) in [6.45, 7) is 9.19. The van der Waals surface area contributed by atoms with Crippen LogP contribution >= 0.6 is 0 Å². The van der Waals surface area contributed by atoms with Crippen molar-refractivity contribution >= 4 is 5.78 Å². The molecule has 1 nitrogen and oxygen atoms in total. The van der Waals surface area contributed by atoms with Crippen molar-refractivity contribution in [2.24, 2.45) is 22.7 Å². The summed E-state index contributed by atoms with van der Waals surface area (Å²) in [5.74, 6) is 1.64. The van der Waals surface area contributed by atoms with E-state index in [4.69, 9.17) is 0 Å². The molecule has 0 aromatic heterocycles. The third kappa shape index (κ3) is 1.11. The van der Waals surface area contributed by atoms with E-state index in [0.717, 1.165) is 18.8 Å². The molecule has 0 aromatic rings. The largest absolute Gasteiger partial charge is 0.299 e. The van der Waals surface area contributed by atoms with Crippen molar-refractivity contribution in [2.45, 2.75) is 53.4 Å². The Kier molecular flexibility index (Phi) is 2.06. The van der Waals surface area contributed by atoms with Gasteiger partial charge in [-0.05, 0) is 36.0 Å². The summed E-state index contributed by atoms with van der Waals surface area (Å²) in [6.07, 6.45) is 4.54. The van der Waals surface area contributed by atoms with Gasteiger partial charge in [0.15, 0.2) is 0 Å². The molecule has 0 heterocycles. The number of carbonyl (C=O) groups excluding carboxylic acids is 1. The summed E-state index contributed by atoms with van der Waals surface area (Å²) in [5, 5.41) is 0. The first-order chi connectivity index (χ1) is 6.39. The lowest BCUT2D eigenvalue weighted by Crippen LogP contribution is -2.31. The van der Waals surface area contributed by atoms with Crippen LogP contribution in [-0.4, -0.2) is 5.78 Å². The summed E-state index contributed by atoms with van der Waals surface area (Å²) in [7, 11) is 0. The molecule has 0 aliphatic heterocycles. The standard InChI is InChI=1S/C13H22O/c1-9(2)7-13-6-5-10(11(14)8-13)12(13,3)4/h9-10H,5-8H2,1-4H3. The quantitative estimate of drug-likeness (QED) is 0.658. The van der Waals surface area contributed by atoms with Crippen molar-refractivity contribution < 1.29 is 4.79 Å². The molecule has 0 N–H and O–H groups in total. The minimum atomic E-state index is 0.272. The minimum absolute atomic E-state index is 0.272. The molecule has 2 rings (SSSR count). The highest BCUT2D eigenvalue weighted by Gasteiger charge is 2.62. The minimum Gasteiger partial charge on any atom is -0.299 e. The van der Waals surface area contributed by atoms with E-state index >= 15 is 0 Å². The van der Waals surface area contributed by atoms with Crippen LogP contribution in [0.5, 0.6) is 0 Å². The van der Waals surface area contributed by atoms with E-state index in [2.05, 4.69) is 27.7 Å². The second kappa shape index (κ2) is 2.84. The van der Waals surface area contributed by atoms with Crippen LogP contribution in [0, 0.1) is 22.7 Å². The molecule has 0 aromatic carbocycles. The smallest absolute Gasteiger partial charge is 0.137 e. The highest BCUT2D eigenvalue weighted by molar-refractivity contribution is 5.86. The fourth-order valence-corrected chi connectivity index (χ4v) is 4.03. The highest BCUT2D eigenvalue weighted by Crippen LogP contribution is 2.66. The van der Waals surface area contributed by atoms with E-state index in [1.54, 1.807) is 0 Å². The number of Topliss-reactive ketones (excluding diaryl/α,β-unsaturated/α-hetero) is 1. The average Bonchev–Trinajstić information content (AvgIpc) is 2.31. The van der Waals surface area contributed by atoms with Crippen LogP contribution < -0.4 is 0 Å². The van der Waals surface area contributed by atoms with Crippen molar-refractivity contribution in [3.05, 3.63) is 0 Å². The molecular weight excluding hydrogens is 172 g/mol. The summed E-state index contributed by atoms with van der Waals surface area (Å²) in [4.78, 5) is 11.8. The summed E-state index contributed by atoms with van der Waals surface area (Å²) in [5.41, 5.74) is 0.622. The van der Waals surface area contributed by atoms with Crippen LogP contribution in [0.4, 0.5) is 0 Å². The fraction of sp³-hybridized carbons (Fsp3) is 0.923. The summed E-state index contributed by atoms with van der Waals surface area (Å²) >= 11 is 0. The molecule has 2 saturated carbocycles. The van der Waals surface area contributed by atoms with Gasteiger partial charge in [0.1, 0.15) is 5.78 Å². The zero-order valence-corrected chi connectivity index (χ0v) is 9.89. The molecule has 1 heteroatoms. The molecule has 2 bridgehead atoms. The molecule has 2 aliphatic rings. The highest BCUT2D eigenvalue weighted by atomic mass is 16.1. The van der Waals surface area contributed by atoms with Crippen molar-refractivity contribution in [3.63, 3.8) is 0 Å². The first-order valence-electron chi connectivity index (χ1n) is 5.92. The zero-order valence-electron chi connectivity index (χ0n) is 9.89. The SMILES string of the molecule is CC(C)CC12CCC(C(=O)C1)C2(C)C. The maximum Gasteiger partial charge on any atom is 0.137 e. The van der Waals surface area contributed by atoms with Crippen LogP contribution in [-0.2, 0) is 4.79 Å². The van der Waals surface area contributed by atoms with Gasteiger partial charge in [-0.25, -0.2) is 0 Å². The van der Waals surface area contributed by atoms with Gasteiger partial charge in [-0.2, -0.15) is 0 Å². The first-order valence-corrected chi connectivity index (χ1v) is 5.92. The Hall–Kier alpha value is -0.330. The van der Waals surface area contributed by atoms with Crippen LogP contribution in [0.15, 0.2) is 0 Å². The van der Waals surface area contributed by atoms with Crippen LogP contribution in [0.25, 0.3) is 0 Å². The van der Waals surface area contributed by atoms with Gasteiger partial charge in [0.05, 0.1) is 0 Å². The molecule has 0 radical (unpaired) electrons. The number of hydrogen-bond acceptors (Lipinski definition) is 1. The van der Waals surface area contributed by atoms with E-state index in [-0.39, 0.29) is 5.41 Å². The van der Waals surface area contributed by atoms with E-state index in [0.29, 0.717) is 17.1 Å². The van der Waals surface area contributed by atoms with E-state index in [1.807, 2.05) is 0 Å². The van der Waals surface area contributed by atoms with Crippen LogP contribution in [0.1, 0.15) is 53.4 Å². The van der Waals surface area contributed by atoms with Gasteiger partial charge < -0.3 is 0 Å². The predicted molar refractivity (Wildman–Crippen MR) is 58.0 cm³/mol. The molecule has 0 spiro atoms. The topological polar surface area (TPSA) is 17.1 Å². The fourth-order valence-electron chi connectivity index (χ4n) is 4.03. The van der Waals surface area contributed by atoms with Crippen molar-refractivity contribution in [2.75, 3.05) is 0 Å². The van der Waals surface area contributed by atoms with Gasteiger partial charge in [-0.3, -0.25) is 4.79 Å². The van der Waals surface area contributed by atoms with Gasteiger partial charge in [-0.1, -0.05) is 27.7 Å². The Morgan fingerprint density at radius 1 is 1.43 bits per heavy atom. The number of hydrogen-bond donors (Lipinski definition) is 0. The summed E-state index contributed by atoms with van der Waals surface area (Å²) < 4.78 is 0. The number of ketones is 1. The first kappa shape index (κ1) is 10.2. The molecule has 2 aliphatic carbocycles. The lowest BCUT2D eigenvalue weighted by Gasteiger charge is -2.38. The molecule has 2 fully saturated rings. The normalized spacial score (nSPS) is 39.8. The molecule has 14 heavy (non-hydrogen) atoms. The Bertz CT molecular complexity index is 264. The maximum absolute atomic E-state index is 11.8. The molecule has 2 atom stereocenters. The Labute approximate surface area is 87.3 Å². The molecular formula is C13H22O. The van der Waals surface area contributed by atoms with E-state index < -0.39 is 0 Å². The van der Waals surface area contributed by atoms with Gasteiger partial charge in [0.25, 0.3) is 0 Å². The Morgan fingerprint density at radius 2 is 2.07 bits per heavy atom. The lowest BCUT2D eigenvalue weighted by molar-refractivity contribution is -0.122. The van der Waals surface area contributed by atoms with Gasteiger partial charge in [-0.15, -0.1) is 0 Å². The Balaban J connectivity index is 2.30. The monoisotopic (exact) mass is 194 g/mol. The van der Waals surface area contributed by atoms with Crippen molar-refractivity contribution in [1.29, 1.82) is 0 Å². The number of carbonyl (C=O) groups is 1. The van der Waals surface area contributed by atoms with Gasteiger partial charge >= 0.3 is 0 Å². The lowest BCUT2D eigenvalue weighted by atomic mass is 9.65. The predicted octanol–water partition coefficient (Wildman–Crippen LogP) is 3.43. The van der Waals surface area contributed by atoms with E-state index in [1.165, 1.54) is 12.8 Å². The van der Waals surface area contributed by atoms with Crippen LogP contribution in [0.3, 0.4) is 0 Å². The summed E-state index contributed by atoms with van der Waals surface area (Å²) in [6, 6.07) is 0. The van der Waals surface area contributed by atoms with Crippen LogP contribution in [0.2, 0.25) is 0 Å². The van der Waals surface area contributed by atoms with Crippen molar-refractivity contribution in [3.8, 4) is 0 Å². The average molecular weight is 194 g/mol. The zero-order chi connectivity index (χ0) is 10.6. The maximum atomic E-state index is 11.8. The second-order valence-corrected chi connectivity index (χ2v) is 6.33. The van der Waals surface area contributed by atoms with Crippen molar-refractivity contribution in [1.82, 2.24) is 0 Å². The number of rotatable bonds is 2. The third-order valence-electron chi connectivity index (χ3n) is 4.85. The molecule has 2 unspecified atom stereocenters. The molecule has 0 saturated heterocycles. The molecule has 80 valence electrons. The Morgan fingerprint density at radius 3 is 2.43 bits per heavy atom.